The van der Waals surface area contributed by atoms with E-state index in [0.717, 1.165) is 0 Å². The Morgan fingerprint density at radius 1 is 1.20 bits per heavy atom. The number of aliphatic hydroxyl groups is 2. The smallest absolute Gasteiger partial charge is 0.328 e. The van der Waals surface area contributed by atoms with E-state index in [-0.39, 0.29) is 17.9 Å². The second-order valence-electron chi connectivity index (χ2n) is 5.34. The summed E-state index contributed by atoms with van der Waals surface area (Å²) in [5.74, 6) is -0.382. The predicted octanol–water partition coefficient (Wildman–Crippen LogP) is -2.29. The van der Waals surface area contributed by atoms with Crippen molar-refractivity contribution in [3.8, 4) is 0 Å². The summed E-state index contributed by atoms with van der Waals surface area (Å²) >= 11 is 0. The number of hydrogen-bond acceptors (Lipinski definition) is 5. The zero-order valence-corrected chi connectivity index (χ0v) is 10.5. The molecule has 1 amide bonds. The summed E-state index contributed by atoms with van der Waals surface area (Å²) in [7, 11) is 0. The first kappa shape index (κ1) is 13.1. The van der Waals surface area contributed by atoms with Gasteiger partial charge < -0.3 is 15.5 Å². The van der Waals surface area contributed by atoms with E-state index in [1.807, 2.05) is 0 Å². The quantitative estimate of drug-likeness (QED) is 0.454. The first-order valence-corrected chi connectivity index (χ1v) is 6.44. The predicted molar refractivity (Wildman–Crippen MR) is 67.0 cm³/mol. The number of rotatable bonds is 2. The topological polar surface area (TPSA) is 124 Å². The lowest BCUT2D eigenvalue weighted by Crippen LogP contribution is -2.55. The van der Waals surface area contributed by atoms with Gasteiger partial charge in [-0.2, -0.15) is 0 Å². The number of aliphatic hydroxyl groups excluding tert-OH is 2. The number of hydrogen-bond donors (Lipinski definition) is 4. The Kier molecular flexibility index (Phi) is 2.98. The van der Waals surface area contributed by atoms with Gasteiger partial charge in [0.05, 0.1) is 12.1 Å². The van der Waals surface area contributed by atoms with E-state index in [9.17, 15) is 24.6 Å². The molecule has 1 aliphatic heterocycles. The van der Waals surface area contributed by atoms with E-state index in [4.69, 9.17) is 0 Å². The van der Waals surface area contributed by atoms with E-state index in [1.165, 1.54) is 16.8 Å². The molecular weight excluding hydrogens is 266 g/mol. The lowest BCUT2D eigenvalue weighted by molar-refractivity contribution is -0.130. The molecule has 0 bridgehead atoms. The Hall–Kier alpha value is -1.93. The highest BCUT2D eigenvalue weighted by Crippen LogP contribution is 2.38. The molecule has 4 N–H and O–H groups in total. The van der Waals surface area contributed by atoms with Crippen LogP contribution in [-0.2, 0) is 4.79 Å². The van der Waals surface area contributed by atoms with Crippen LogP contribution < -0.4 is 16.6 Å². The van der Waals surface area contributed by atoms with Crippen LogP contribution in [0.2, 0.25) is 0 Å². The summed E-state index contributed by atoms with van der Waals surface area (Å²) in [6.45, 7) is 0. The average molecular weight is 281 g/mol. The van der Waals surface area contributed by atoms with Gasteiger partial charge in [-0.15, -0.1) is 0 Å². The van der Waals surface area contributed by atoms with E-state index >= 15 is 0 Å². The Balaban J connectivity index is 1.86. The molecular formula is C12H15N3O5. The molecule has 1 aliphatic carbocycles. The maximum absolute atomic E-state index is 11.7. The first-order chi connectivity index (χ1) is 9.47. The summed E-state index contributed by atoms with van der Waals surface area (Å²) in [6, 6.07) is 0.409. The van der Waals surface area contributed by atoms with E-state index in [2.05, 4.69) is 10.3 Å². The van der Waals surface area contributed by atoms with Crippen molar-refractivity contribution in [1.29, 1.82) is 0 Å². The molecule has 1 aromatic rings. The van der Waals surface area contributed by atoms with Gasteiger partial charge in [0.15, 0.2) is 0 Å². The third-order valence-corrected chi connectivity index (χ3v) is 4.17. The zero-order valence-electron chi connectivity index (χ0n) is 10.5. The SMILES string of the molecule is O=C1C[C@@H]([C@H]2C[C@@H](n3ccc(=O)[nH]c3=O)[C@@H](O)[C@H]2O)N1. The van der Waals surface area contributed by atoms with Crippen LogP contribution in [0.4, 0.5) is 0 Å². The van der Waals surface area contributed by atoms with Crippen molar-refractivity contribution in [2.45, 2.75) is 37.1 Å². The third kappa shape index (κ3) is 1.97. The second kappa shape index (κ2) is 4.57. The molecule has 0 radical (unpaired) electrons. The summed E-state index contributed by atoms with van der Waals surface area (Å²) in [5, 5.41) is 22.8. The van der Waals surface area contributed by atoms with E-state index in [0.29, 0.717) is 12.8 Å². The van der Waals surface area contributed by atoms with Crippen molar-refractivity contribution in [1.82, 2.24) is 14.9 Å². The van der Waals surface area contributed by atoms with E-state index in [1.54, 1.807) is 0 Å². The third-order valence-electron chi connectivity index (χ3n) is 4.17. The average Bonchev–Trinajstić information content (AvgIpc) is 2.63. The number of amides is 1. The number of β-lactam (4-membered cyclic amide) rings is 1. The fourth-order valence-corrected chi connectivity index (χ4v) is 3.05. The van der Waals surface area contributed by atoms with Crippen molar-refractivity contribution in [3.63, 3.8) is 0 Å². The largest absolute Gasteiger partial charge is 0.390 e. The van der Waals surface area contributed by atoms with Gasteiger partial charge in [0.1, 0.15) is 6.10 Å². The number of carbonyl (C=O) groups is 1. The van der Waals surface area contributed by atoms with Crippen molar-refractivity contribution >= 4 is 5.91 Å². The number of nitrogens with one attached hydrogen (secondary N) is 2. The Morgan fingerprint density at radius 3 is 2.50 bits per heavy atom. The molecule has 0 spiro atoms. The van der Waals surface area contributed by atoms with Gasteiger partial charge in [0, 0.05) is 30.6 Å². The van der Waals surface area contributed by atoms with Crippen molar-refractivity contribution < 1.29 is 15.0 Å². The van der Waals surface area contributed by atoms with Crippen LogP contribution >= 0.6 is 0 Å². The highest BCUT2D eigenvalue weighted by Gasteiger charge is 2.48. The minimum atomic E-state index is -1.11. The zero-order chi connectivity index (χ0) is 14.4. The number of aromatic amines is 1. The van der Waals surface area contributed by atoms with Gasteiger partial charge in [0.2, 0.25) is 5.91 Å². The summed E-state index contributed by atoms with van der Waals surface area (Å²) < 4.78 is 1.22. The monoisotopic (exact) mass is 281 g/mol. The summed E-state index contributed by atoms with van der Waals surface area (Å²) in [4.78, 5) is 35.8. The second-order valence-corrected chi connectivity index (χ2v) is 5.34. The maximum atomic E-state index is 11.7. The van der Waals surface area contributed by atoms with Gasteiger partial charge in [-0.1, -0.05) is 0 Å². The number of carbonyl (C=O) groups excluding carboxylic acids is 1. The fourth-order valence-electron chi connectivity index (χ4n) is 3.05. The highest BCUT2D eigenvalue weighted by atomic mass is 16.3. The van der Waals surface area contributed by atoms with Crippen LogP contribution in [0.25, 0.3) is 0 Å². The number of H-pyrrole nitrogens is 1. The van der Waals surface area contributed by atoms with Gasteiger partial charge in [-0.05, 0) is 6.42 Å². The van der Waals surface area contributed by atoms with Gasteiger partial charge in [0.25, 0.3) is 5.56 Å². The molecule has 8 nitrogen and oxygen atoms in total. The van der Waals surface area contributed by atoms with Crippen LogP contribution in [0.15, 0.2) is 21.9 Å². The van der Waals surface area contributed by atoms with Crippen LogP contribution in [-0.4, -0.2) is 43.9 Å². The summed E-state index contributed by atoms with van der Waals surface area (Å²) in [6.07, 6.45) is -0.129. The van der Waals surface area contributed by atoms with Crippen LogP contribution in [0.1, 0.15) is 18.9 Å². The molecule has 2 fully saturated rings. The number of aromatic nitrogens is 2. The molecule has 8 heteroatoms. The molecule has 2 aliphatic rings. The minimum Gasteiger partial charge on any atom is -0.390 e. The normalized spacial score (nSPS) is 36.5. The molecule has 108 valence electrons. The Labute approximate surface area is 113 Å². The molecule has 20 heavy (non-hydrogen) atoms. The van der Waals surface area contributed by atoms with Crippen molar-refractivity contribution in [3.05, 3.63) is 33.1 Å². The van der Waals surface area contributed by atoms with Gasteiger partial charge in [-0.25, -0.2) is 4.79 Å². The molecule has 0 aromatic carbocycles. The highest BCUT2D eigenvalue weighted by molar-refractivity contribution is 5.82. The van der Waals surface area contributed by atoms with Gasteiger partial charge >= 0.3 is 5.69 Å². The molecule has 1 aromatic heterocycles. The van der Waals surface area contributed by atoms with Crippen LogP contribution in [0.5, 0.6) is 0 Å². The molecule has 3 rings (SSSR count). The molecule has 0 unspecified atom stereocenters. The minimum absolute atomic E-state index is 0.0821. The standard InChI is InChI=1S/C12H15N3O5/c16-8-1-2-15(12(20)14-8)7-3-5(10(18)11(7)19)6-4-9(17)13-6/h1-2,5-7,10-11,18-19H,3-4H2,(H,13,17)(H,14,16,20)/t5-,6+,7-,10+,11-/m1/s1. The summed E-state index contributed by atoms with van der Waals surface area (Å²) in [5.41, 5.74) is -1.13. The van der Waals surface area contributed by atoms with Crippen molar-refractivity contribution in [2.75, 3.05) is 0 Å². The molecule has 2 heterocycles. The fraction of sp³-hybridized carbons (Fsp3) is 0.583. The first-order valence-electron chi connectivity index (χ1n) is 6.44. The Morgan fingerprint density at radius 2 is 1.90 bits per heavy atom. The van der Waals surface area contributed by atoms with Gasteiger partial charge in [-0.3, -0.25) is 19.1 Å². The maximum Gasteiger partial charge on any atom is 0.328 e. The Bertz CT molecular complexity index is 643. The van der Waals surface area contributed by atoms with Crippen molar-refractivity contribution in [2.24, 2.45) is 5.92 Å². The van der Waals surface area contributed by atoms with Crippen LogP contribution in [0, 0.1) is 5.92 Å². The lowest BCUT2D eigenvalue weighted by atomic mass is 9.88. The molecule has 1 saturated carbocycles. The number of nitrogens with zero attached hydrogens (tertiary/aromatic N) is 1. The van der Waals surface area contributed by atoms with E-state index < -0.39 is 29.5 Å². The van der Waals surface area contributed by atoms with Crippen LogP contribution in [0.3, 0.4) is 0 Å². The lowest BCUT2D eigenvalue weighted by Gasteiger charge is -2.33. The molecule has 1 saturated heterocycles. The molecule has 5 atom stereocenters.